The number of nitrogens with zero attached hydrogens (tertiary/aromatic N) is 4. The van der Waals surface area contributed by atoms with Gasteiger partial charge < -0.3 is 9.47 Å². The van der Waals surface area contributed by atoms with Crippen LogP contribution < -0.4 is 0 Å². The summed E-state index contributed by atoms with van der Waals surface area (Å²) in [5.41, 5.74) is -0.358. The van der Waals surface area contributed by atoms with E-state index in [9.17, 15) is 35.9 Å². The minimum Gasteiger partial charge on any atom is -0.339 e. The number of Topliss-reactive ketones (excluding diaryl/α,β-unsaturated/α-hetero) is 1. The summed E-state index contributed by atoms with van der Waals surface area (Å²) in [6, 6.07) is 7.28. The van der Waals surface area contributed by atoms with Crippen LogP contribution in [0.3, 0.4) is 0 Å². The van der Waals surface area contributed by atoms with Gasteiger partial charge in [0, 0.05) is 44.4 Å². The second kappa shape index (κ2) is 9.25. The van der Waals surface area contributed by atoms with Gasteiger partial charge in [0.05, 0.1) is 17.4 Å². The molecule has 4 heterocycles. The second-order valence-corrected chi connectivity index (χ2v) is 10.0. The van der Waals surface area contributed by atoms with E-state index in [-0.39, 0.29) is 25.1 Å². The maximum atomic E-state index is 13.3. The van der Waals surface area contributed by atoms with E-state index in [1.165, 1.54) is 22.8 Å². The molecule has 0 bridgehead atoms. The van der Waals surface area contributed by atoms with Crippen molar-refractivity contribution in [1.29, 1.82) is 0 Å². The van der Waals surface area contributed by atoms with Crippen molar-refractivity contribution in [3.8, 4) is 11.1 Å². The normalized spacial score (nSPS) is 17.9. The number of hydrogen-bond acceptors (Lipinski definition) is 4. The van der Waals surface area contributed by atoms with Crippen LogP contribution in [0.25, 0.3) is 11.1 Å². The fourth-order valence-electron chi connectivity index (χ4n) is 5.82. The van der Waals surface area contributed by atoms with E-state index in [2.05, 4.69) is 10.00 Å². The van der Waals surface area contributed by atoms with Crippen molar-refractivity contribution in [2.75, 3.05) is 26.7 Å². The van der Waals surface area contributed by atoms with E-state index in [0.717, 1.165) is 6.20 Å². The average Bonchev–Trinajstić information content (AvgIpc) is 3.53. The third-order valence-electron chi connectivity index (χ3n) is 7.90. The molecule has 7 nitrogen and oxygen atoms in total. The van der Waals surface area contributed by atoms with Gasteiger partial charge in [-0.15, -0.1) is 0 Å². The molecule has 39 heavy (non-hydrogen) atoms. The fraction of sp³-hybridized carbons (Fsp3) is 0.423. The number of likely N-dealkylation sites (N-methyl/N-ethyl adjacent to an activating group) is 1. The standard InChI is InChI=1S/C26H25F6N5O2.H2/c1-15-13-16(3-4-17(15)18-14-33-34-21(18)25(27,28)29)23(39)36-9-7-24(8-10-36)20-6-5-19(22(38)26(30,31)32)37(20)12-11-35(24)2;/h3-6,13-14H,7-12H2,1-2H3,(H,33,34);1H. The molecule has 2 aromatic heterocycles. The van der Waals surface area contributed by atoms with E-state index < -0.39 is 29.4 Å². The Hall–Kier alpha value is -3.61. The van der Waals surface area contributed by atoms with Crippen molar-refractivity contribution < 1.29 is 37.4 Å². The molecule has 2 aliphatic heterocycles. The van der Waals surface area contributed by atoms with Gasteiger partial charge in [-0.3, -0.25) is 19.6 Å². The van der Waals surface area contributed by atoms with Crippen molar-refractivity contribution >= 4 is 11.7 Å². The van der Waals surface area contributed by atoms with Gasteiger partial charge in [-0.1, -0.05) is 6.07 Å². The van der Waals surface area contributed by atoms with Crippen molar-refractivity contribution in [3.05, 3.63) is 64.7 Å². The molecule has 2 aliphatic rings. The molecule has 1 spiro atoms. The van der Waals surface area contributed by atoms with Crippen LogP contribution in [-0.2, 0) is 18.3 Å². The quantitative estimate of drug-likeness (QED) is 0.353. The van der Waals surface area contributed by atoms with Crippen molar-refractivity contribution in [2.45, 2.75) is 44.2 Å². The number of fused-ring (bicyclic) bond motifs is 2. The van der Waals surface area contributed by atoms with E-state index in [1.807, 2.05) is 12.1 Å². The van der Waals surface area contributed by atoms with E-state index >= 15 is 0 Å². The number of rotatable bonds is 3. The van der Waals surface area contributed by atoms with Gasteiger partial charge in [0.15, 0.2) is 0 Å². The SMILES string of the molecule is Cc1cc(C(=O)N2CCC3(CC2)c2ccc(C(=O)C(F)(F)F)n2CCN3C)ccc1-c1cn[nH]c1C(F)(F)F.[HH]. The van der Waals surface area contributed by atoms with Crippen molar-refractivity contribution in [3.63, 3.8) is 0 Å². The summed E-state index contributed by atoms with van der Waals surface area (Å²) in [7, 11) is 1.88. The molecular formula is C26H27F6N5O2. The number of alkyl halides is 6. The van der Waals surface area contributed by atoms with Crippen LogP contribution in [0.4, 0.5) is 26.3 Å². The number of piperidine rings is 1. The zero-order chi connectivity index (χ0) is 28.3. The van der Waals surface area contributed by atoms with Crippen LogP contribution in [0.5, 0.6) is 0 Å². The summed E-state index contributed by atoms with van der Waals surface area (Å²) in [6.07, 6.45) is -7.59. The van der Waals surface area contributed by atoms with E-state index in [1.54, 1.807) is 24.0 Å². The summed E-state index contributed by atoms with van der Waals surface area (Å²) in [5.74, 6) is -2.16. The zero-order valence-electron chi connectivity index (χ0n) is 21.1. The summed E-state index contributed by atoms with van der Waals surface area (Å²) in [5, 5.41) is 5.51. The molecule has 0 unspecified atom stereocenters. The minimum atomic E-state index is -4.97. The second-order valence-electron chi connectivity index (χ2n) is 10.0. The molecular weight excluding hydrogens is 528 g/mol. The molecule has 0 atom stereocenters. The average molecular weight is 556 g/mol. The number of amides is 1. The van der Waals surface area contributed by atoms with Crippen molar-refractivity contribution in [2.24, 2.45) is 0 Å². The Morgan fingerprint density at radius 3 is 2.28 bits per heavy atom. The van der Waals surface area contributed by atoms with Gasteiger partial charge >= 0.3 is 12.4 Å². The smallest absolute Gasteiger partial charge is 0.339 e. The van der Waals surface area contributed by atoms with Gasteiger partial charge in [0.2, 0.25) is 0 Å². The number of aryl methyl sites for hydroxylation is 1. The molecule has 0 saturated carbocycles. The molecule has 5 rings (SSSR count). The van der Waals surface area contributed by atoms with Gasteiger partial charge in [-0.05, 0) is 62.2 Å². The molecule has 1 fully saturated rings. The number of aromatic nitrogens is 3. The number of halogens is 6. The molecule has 3 aromatic rings. The first-order chi connectivity index (χ1) is 18.2. The first kappa shape index (κ1) is 27.0. The van der Waals surface area contributed by atoms with Crippen LogP contribution in [0.2, 0.25) is 0 Å². The highest BCUT2D eigenvalue weighted by Crippen LogP contribution is 2.42. The van der Waals surface area contributed by atoms with Crippen LogP contribution in [-0.4, -0.2) is 69.1 Å². The van der Waals surface area contributed by atoms with Crippen LogP contribution >= 0.6 is 0 Å². The maximum absolute atomic E-state index is 13.3. The summed E-state index contributed by atoms with van der Waals surface area (Å²) < 4.78 is 80.8. The topological polar surface area (TPSA) is 74.2 Å². The lowest BCUT2D eigenvalue weighted by atomic mass is 9.81. The number of carbonyl (C=O) groups excluding carboxylic acids is 2. The van der Waals surface area contributed by atoms with Crippen LogP contribution in [0.1, 0.15) is 52.1 Å². The lowest BCUT2D eigenvalue weighted by Gasteiger charge is -2.50. The molecule has 0 radical (unpaired) electrons. The molecule has 1 aromatic carbocycles. The lowest BCUT2D eigenvalue weighted by molar-refractivity contribution is -0.140. The van der Waals surface area contributed by atoms with E-state index in [0.29, 0.717) is 54.9 Å². The summed E-state index contributed by atoms with van der Waals surface area (Å²) >= 11 is 0. The zero-order valence-corrected chi connectivity index (χ0v) is 21.1. The highest BCUT2D eigenvalue weighted by Gasteiger charge is 2.48. The van der Waals surface area contributed by atoms with Gasteiger partial charge in [-0.25, -0.2) is 0 Å². The first-order valence-corrected chi connectivity index (χ1v) is 12.3. The summed E-state index contributed by atoms with van der Waals surface area (Å²) in [6.45, 7) is 2.95. The summed E-state index contributed by atoms with van der Waals surface area (Å²) in [4.78, 5) is 29.0. The Morgan fingerprint density at radius 2 is 1.67 bits per heavy atom. The largest absolute Gasteiger partial charge is 0.456 e. The number of carbonyl (C=O) groups is 2. The van der Waals surface area contributed by atoms with Gasteiger partial charge in [-0.2, -0.15) is 31.4 Å². The first-order valence-electron chi connectivity index (χ1n) is 12.3. The highest BCUT2D eigenvalue weighted by molar-refractivity contribution is 5.99. The monoisotopic (exact) mass is 555 g/mol. The molecule has 1 amide bonds. The molecule has 210 valence electrons. The Morgan fingerprint density at radius 1 is 0.974 bits per heavy atom. The van der Waals surface area contributed by atoms with Crippen molar-refractivity contribution in [1.82, 2.24) is 24.6 Å². The Bertz CT molecular complexity index is 1440. The Kier molecular flexibility index (Phi) is 6.40. The van der Waals surface area contributed by atoms with Gasteiger partial charge in [0.1, 0.15) is 5.69 Å². The maximum Gasteiger partial charge on any atom is 0.456 e. The molecule has 13 heteroatoms. The van der Waals surface area contributed by atoms with Crippen LogP contribution in [0.15, 0.2) is 36.5 Å². The predicted molar refractivity (Wildman–Crippen MR) is 130 cm³/mol. The molecule has 0 aliphatic carbocycles. The Labute approximate surface area is 220 Å². The van der Waals surface area contributed by atoms with Gasteiger partial charge in [0.25, 0.3) is 11.7 Å². The highest BCUT2D eigenvalue weighted by atomic mass is 19.4. The number of hydrogen-bond donors (Lipinski definition) is 1. The number of H-pyrrole nitrogens is 1. The molecule has 1 saturated heterocycles. The number of likely N-dealkylation sites (tertiary alicyclic amines) is 1. The predicted octanol–water partition coefficient (Wildman–Crippen LogP) is 5.27. The third kappa shape index (κ3) is 4.52. The van der Waals surface area contributed by atoms with Crippen LogP contribution in [0, 0.1) is 6.92 Å². The lowest BCUT2D eigenvalue weighted by Crippen LogP contribution is -2.56. The fourth-order valence-corrected chi connectivity index (χ4v) is 5.82. The molecule has 1 N–H and O–H groups in total. The number of aromatic amines is 1. The Balaban J connectivity index is 0.00000370. The third-order valence-corrected chi connectivity index (χ3v) is 7.90. The van der Waals surface area contributed by atoms with E-state index in [4.69, 9.17) is 0 Å². The minimum absolute atomic E-state index is 0. The number of ketones is 1. The number of benzene rings is 1. The number of nitrogens with one attached hydrogen (secondary N) is 1.